The summed E-state index contributed by atoms with van der Waals surface area (Å²) < 4.78 is 40.5. The number of piperazine rings is 1. The predicted octanol–water partition coefficient (Wildman–Crippen LogP) is 1.55. The Kier molecular flexibility index (Phi) is 4.80. The number of rotatable bonds is 4. The lowest BCUT2D eigenvalue weighted by atomic mass is 10.3. The minimum Gasteiger partial charge on any atom is -0.486 e. The SMILES string of the molecule is O=S(=O)(c1ccc2c(c1)OCCO2)N1CCN(c2ccc(-n3cccc3)nn2)CC1. The van der Waals surface area contributed by atoms with Crippen LogP contribution in [0.1, 0.15) is 0 Å². The fraction of sp³-hybridized carbons (Fsp3) is 0.300. The first-order valence-corrected chi connectivity index (χ1v) is 11.2. The fourth-order valence-electron chi connectivity index (χ4n) is 3.60. The van der Waals surface area contributed by atoms with Gasteiger partial charge in [-0.1, -0.05) is 0 Å². The maximum atomic E-state index is 13.1. The summed E-state index contributed by atoms with van der Waals surface area (Å²) in [5.41, 5.74) is 0. The highest BCUT2D eigenvalue weighted by atomic mass is 32.2. The third kappa shape index (κ3) is 3.48. The van der Waals surface area contributed by atoms with Crippen molar-refractivity contribution in [3.05, 3.63) is 54.9 Å². The van der Waals surface area contributed by atoms with Gasteiger partial charge in [0.15, 0.2) is 23.1 Å². The summed E-state index contributed by atoms with van der Waals surface area (Å²) in [4.78, 5) is 2.26. The molecule has 0 bridgehead atoms. The quantitative estimate of drug-likeness (QED) is 0.624. The van der Waals surface area contributed by atoms with Gasteiger partial charge in [-0.2, -0.15) is 4.31 Å². The number of aromatic nitrogens is 3. The van der Waals surface area contributed by atoms with Gasteiger partial charge in [-0.3, -0.25) is 0 Å². The van der Waals surface area contributed by atoms with E-state index in [9.17, 15) is 8.42 Å². The zero-order chi connectivity index (χ0) is 20.6. The lowest BCUT2D eigenvalue weighted by Gasteiger charge is -2.34. The van der Waals surface area contributed by atoms with Crippen molar-refractivity contribution < 1.29 is 17.9 Å². The van der Waals surface area contributed by atoms with Crippen molar-refractivity contribution in [2.75, 3.05) is 44.3 Å². The van der Waals surface area contributed by atoms with E-state index in [1.54, 1.807) is 18.2 Å². The van der Waals surface area contributed by atoms with Crippen molar-refractivity contribution in [3.63, 3.8) is 0 Å². The molecule has 0 saturated carbocycles. The maximum absolute atomic E-state index is 13.1. The van der Waals surface area contributed by atoms with Gasteiger partial charge in [0.2, 0.25) is 10.0 Å². The largest absolute Gasteiger partial charge is 0.486 e. The molecule has 1 saturated heterocycles. The number of nitrogens with zero attached hydrogens (tertiary/aromatic N) is 5. The van der Waals surface area contributed by atoms with Crippen LogP contribution in [-0.4, -0.2) is 66.9 Å². The van der Waals surface area contributed by atoms with Crippen molar-refractivity contribution in [1.29, 1.82) is 0 Å². The number of benzene rings is 1. The van der Waals surface area contributed by atoms with Crippen molar-refractivity contribution in [2.45, 2.75) is 4.90 Å². The Balaban J connectivity index is 1.27. The summed E-state index contributed by atoms with van der Waals surface area (Å²) in [5.74, 6) is 2.52. The highest BCUT2D eigenvalue weighted by molar-refractivity contribution is 7.89. The number of hydrogen-bond donors (Lipinski definition) is 0. The summed E-state index contributed by atoms with van der Waals surface area (Å²) in [6.07, 6.45) is 3.82. The second kappa shape index (κ2) is 7.62. The molecular weight excluding hydrogens is 406 g/mol. The first-order valence-electron chi connectivity index (χ1n) is 9.73. The molecule has 0 N–H and O–H groups in total. The predicted molar refractivity (Wildman–Crippen MR) is 110 cm³/mol. The first-order chi connectivity index (χ1) is 14.6. The van der Waals surface area contributed by atoms with Crippen LogP contribution in [0.5, 0.6) is 11.5 Å². The number of fused-ring (bicyclic) bond motifs is 1. The highest BCUT2D eigenvalue weighted by Gasteiger charge is 2.30. The summed E-state index contributed by atoms with van der Waals surface area (Å²) in [6, 6.07) is 12.4. The van der Waals surface area contributed by atoms with Crippen LogP contribution in [0.25, 0.3) is 5.82 Å². The molecule has 9 nitrogen and oxygen atoms in total. The van der Waals surface area contributed by atoms with Crippen LogP contribution in [-0.2, 0) is 10.0 Å². The van der Waals surface area contributed by atoms with E-state index in [1.807, 2.05) is 46.1 Å². The van der Waals surface area contributed by atoms with Crippen LogP contribution in [0.3, 0.4) is 0 Å². The molecule has 0 unspecified atom stereocenters. The Morgan fingerprint density at radius 1 is 0.800 bits per heavy atom. The van der Waals surface area contributed by atoms with Gasteiger partial charge in [-0.25, -0.2) is 8.42 Å². The average Bonchev–Trinajstić information content (AvgIpc) is 3.34. The highest BCUT2D eigenvalue weighted by Crippen LogP contribution is 2.33. The standard InChI is InChI=1S/C20H21N5O4S/c26-30(27,16-3-4-17-18(15-16)29-14-13-28-17)25-11-9-24(10-12-25)20-6-5-19(21-22-20)23-7-1-2-8-23/h1-8,15H,9-14H2. The minimum atomic E-state index is -3.61. The molecule has 0 amide bonds. The van der Waals surface area contributed by atoms with E-state index >= 15 is 0 Å². The van der Waals surface area contributed by atoms with Gasteiger partial charge in [0.05, 0.1) is 4.90 Å². The lowest BCUT2D eigenvalue weighted by Crippen LogP contribution is -2.49. The van der Waals surface area contributed by atoms with Gasteiger partial charge in [0.1, 0.15) is 13.2 Å². The molecule has 3 aromatic rings. The second-order valence-corrected chi connectivity index (χ2v) is 8.97. The van der Waals surface area contributed by atoms with E-state index in [2.05, 4.69) is 10.2 Å². The molecule has 0 aliphatic carbocycles. The van der Waals surface area contributed by atoms with Crippen LogP contribution in [0.15, 0.2) is 59.8 Å². The van der Waals surface area contributed by atoms with Crippen LogP contribution in [0.4, 0.5) is 5.82 Å². The number of hydrogen-bond acceptors (Lipinski definition) is 7. The molecule has 5 rings (SSSR count). The van der Waals surface area contributed by atoms with E-state index < -0.39 is 10.0 Å². The van der Waals surface area contributed by atoms with Gasteiger partial charge >= 0.3 is 0 Å². The maximum Gasteiger partial charge on any atom is 0.243 e. The molecule has 0 spiro atoms. The Hall–Kier alpha value is -3.11. The molecule has 2 aromatic heterocycles. The van der Waals surface area contributed by atoms with Crippen LogP contribution in [0.2, 0.25) is 0 Å². The smallest absolute Gasteiger partial charge is 0.243 e. The summed E-state index contributed by atoms with van der Waals surface area (Å²) >= 11 is 0. The molecule has 10 heteroatoms. The summed E-state index contributed by atoms with van der Waals surface area (Å²) in [5, 5.41) is 8.57. The van der Waals surface area contributed by atoms with Crippen molar-refractivity contribution in [3.8, 4) is 17.3 Å². The molecule has 0 radical (unpaired) electrons. The number of ether oxygens (including phenoxy) is 2. The van der Waals surface area contributed by atoms with E-state index in [0.717, 1.165) is 11.6 Å². The summed E-state index contributed by atoms with van der Waals surface area (Å²) in [7, 11) is -3.61. The van der Waals surface area contributed by atoms with Gasteiger partial charge in [0, 0.05) is 44.6 Å². The third-order valence-corrected chi connectivity index (χ3v) is 7.11. The number of anilines is 1. The zero-order valence-electron chi connectivity index (χ0n) is 16.2. The Bertz CT molecular complexity index is 1120. The number of sulfonamides is 1. The second-order valence-electron chi connectivity index (χ2n) is 7.04. The van der Waals surface area contributed by atoms with Gasteiger partial charge < -0.3 is 18.9 Å². The van der Waals surface area contributed by atoms with Gasteiger partial charge in [-0.05, 0) is 36.4 Å². The van der Waals surface area contributed by atoms with Crippen molar-refractivity contribution in [2.24, 2.45) is 0 Å². The molecule has 4 heterocycles. The van der Waals surface area contributed by atoms with E-state index in [4.69, 9.17) is 9.47 Å². The molecule has 0 atom stereocenters. The topological polar surface area (TPSA) is 89.8 Å². The zero-order valence-corrected chi connectivity index (χ0v) is 17.0. The lowest BCUT2D eigenvalue weighted by molar-refractivity contribution is 0.171. The van der Waals surface area contributed by atoms with Crippen LogP contribution < -0.4 is 14.4 Å². The first kappa shape index (κ1) is 18.9. The van der Waals surface area contributed by atoms with Crippen molar-refractivity contribution >= 4 is 15.8 Å². The molecule has 30 heavy (non-hydrogen) atoms. The molecular formula is C20H21N5O4S. The van der Waals surface area contributed by atoms with Crippen LogP contribution in [0, 0.1) is 0 Å². The van der Waals surface area contributed by atoms with Gasteiger partial charge in [0.25, 0.3) is 0 Å². The molecule has 1 aromatic carbocycles. The summed E-state index contributed by atoms with van der Waals surface area (Å²) in [6.45, 7) is 2.72. The van der Waals surface area contributed by atoms with Crippen molar-refractivity contribution in [1.82, 2.24) is 19.1 Å². The normalized spacial score (nSPS) is 17.1. The van der Waals surface area contributed by atoms with Crippen LogP contribution >= 0.6 is 0 Å². The fourth-order valence-corrected chi connectivity index (χ4v) is 5.04. The molecule has 1 fully saturated rings. The van der Waals surface area contributed by atoms with E-state index in [-0.39, 0.29) is 4.90 Å². The van der Waals surface area contributed by atoms with E-state index in [0.29, 0.717) is 50.9 Å². The minimum absolute atomic E-state index is 0.219. The molecule has 156 valence electrons. The monoisotopic (exact) mass is 427 g/mol. The molecule has 2 aliphatic heterocycles. The Morgan fingerprint density at radius 2 is 1.47 bits per heavy atom. The molecule has 2 aliphatic rings. The third-order valence-electron chi connectivity index (χ3n) is 5.22. The van der Waals surface area contributed by atoms with Gasteiger partial charge in [-0.15, -0.1) is 10.2 Å². The Morgan fingerprint density at radius 3 is 2.17 bits per heavy atom. The Labute approximate surface area is 174 Å². The average molecular weight is 427 g/mol. The van der Waals surface area contributed by atoms with E-state index in [1.165, 1.54) is 4.31 Å².